The molecule has 0 aliphatic heterocycles. The maximum Gasteiger partial charge on any atom is 0.255 e. The molecule has 0 aromatic heterocycles. The summed E-state index contributed by atoms with van der Waals surface area (Å²) in [5.41, 5.74) is 7.23. The molecule has 0 aliphatic rings. The fraction of sp³-hybridized carbons (Fsp3) is 0.235. The van der Waals surface area contributed by atoms with Gasteiger partial charge in [-0.25, -0.2) is 0 Å². The SMILES string of the molecule is COc1cc(CNCc2ccccc2)cc(Cl)c1OCC(N)=O. The molecule has 6 heteroatoms. The molecular formula is C17H19ClN2O3. The summed E-state index contributed by atoms with van der Waals surface area (Å²) in [5.74, 6) is 0.215. The van der Waals surface area contributed by atoms with Crippen molar-refractivity contribution in [3.05, 3.63) is 58.6 Å². The van der Waals surface area contributed by atoms with Gasteiger partial charge in [0.15, 0.2) is 18.1 Å². The summed E-state index contributed by atoms with van der Waals surface area (Å²) in [4.78, 5) is 10.8. The molecule has 1 amide bonds. The van der Waals surface area contributed by atoms with E-state index in [1.807, 2.05) is 24.3 Å². The molecule has 2 aromatic rings. The molecule has 5 nitrogen and oxygen atoms in total. The summed E-state index contributed by atoms with van der Waals surface area (Å²) in [6, 6.07) is 13.7. The molecule has 0 atom stereocenters. The molecule has 122 valence electrons. The van der Waals surface area contributed by atoms with Crippen LogP contribution in [0.25, 0.3) is 0 Å². The Hall–Kier alpha value is -2.24. The molecule has 0 heterocycles. The van der Waals surface area contributed by atoms with Crippen molar-refractivity contribution in [3.8, 4) is 11.5 Å². The topological polar surface area (TPSA) is 73.6 Å². The summed E-state index contributed by atoms with van der Waals surface area (Å²) < 4.78 is 10.6. The number of nitrogens with two attached hydrogens (primary N) is 1. The van der Waals surface area contributed by atoms with Gasteiger partial charge in [0.25, 0.3) is 5.91 Å². The zero-order valence-corrected chi connectivity index (χ0v) is 13.6. The number of hydrogen-bond acceptors (Lipinski definition) is 4. The van der Waals surface area contributed by atoms with Gasteiger partial charge in [0.1, 0.15) is 0 Å². The van der Waals surface area contributed by atoms with E-state index in [0.717, 1.165) is 12.1 Å². The first kappa shape index (κ1) is 17.1. The van der Waals surface area contributed by atoms with Gasteiger partial charge in [-0.2, -0.15) is 0 Å². The van der Waals surface area contributed by atoms with Crippen molar-refractivity contribution in [2.45, 2.75) is 13.1 Å². The lowest BCUT2D eigenvalue weighted by molar-refractivity contribution is -0.119. The number of rotatable bonds is 8. The highest BCUT2D eigenvalue weighted by molar-refractivity contribution is 6.32. The highest BCUT2D eigenvalue weighted by Gasteiger charge is 2.13. The van der Waals surface area contributed by atoms with Gasteiger partial charge in [-0.3, -0.25) is 4.79 Å². The maximum atomic E-state index is 10.8. The summed E-state index contributed by atoms with van der Waals surface area (Å²) in [7, 11) is 1.52. The lowest BCUT2D eigenvalue weighted by Gasteiger charge is -2.14. The van der Waals surface area contributed by atoms with Gasteiger partial charge >= 0.3 is 0 Å². The lowest BCUT2D eigenvalue weighted by atomic mass is 10.2. The number of amides is 1. The lowest BCUT2D eigenvalue weighted by Crippen LogP contribution is -2.20. The van der Waals surface area contributed by atoms with Crippen LogP contribution < -0.4 is 20.5 Å². The summed E-state index contributed by atoms with van der Waals surface area (Å²) in [5, 5.41) is 3.71. The number of carbonyl (C=O) groups excluding carboxylic acids is 1. The molecule has 3 N–H and O–H groups in total. The summed E-state index contributed by atoms with van der Waals surface area (Å²) in [6.07, 6.45) is 0. The Morgan fingerprint density at radius 3 is 2.52 bits per heavy atom. The first-order valence-electron chi connectivity index (χ1n) is 7.12. The van der Waals surface area contributed by atoms with Crippen molar-refractivity contribution in [2.75, 3.05) is 13.7 Å². The first-order valence-corrected chi connectivity index (χ1v) is 7.50. The zero-order valence-electron chi connectivity index (χ0n) is 12.8. The molecule has 23 heavy (non-hydrogen) atoms. The molecule has 2 aromatic carbocycles. The van der Waals surface area contributed by atoms with Gasteiger partial charge in [-0.1, -0.05) is 41.9 Å². The number of primary amides is 1. The minimum Gasteiger partial charge on any atom is -0.493 e. The average Bonchev–Trinajstić information content (AvgIpc) is 2.54. The molecule has 0 aliphatic carbocycles. The number of benzene rings is 2. The monoisotopic (exact) mass is 334 g/mol. The standard InChI is InChI=1S/C17H19ClN2O3/c1-22-15-8-13(7-14(18)17(15)23-11-16(19)21)10-20-9-12-5-3-2-4-6-12/h2-8,20H,9-11H2,1H3,(H2,19,21). The predicted octanol–water partition coefficient (Wildman–Crippen LogP) is 2.50. The number of ether oxygens (including phenoxy) is 2. The van der Waals surface area contributed by atoms with E-state index >= 15 is 0 Å². The molecule has 0 bridgehead atoms. The molecule has 0 unspecified atom stereocenters. The Labute approximate surface area is 140 Å². The Bertz CT molecular complexity index is 662. The van der Waals surface area contributed by atoms with Crippen LogP contribution in [0, 0.1) is 0 Å². The number of halogens is 1. The molecule has 0 spiro atoms. The Balaban J connectivity index is 2.02. The van der Waals surface area contributed by atoms with Crippen molar-refractivity contribution >= 4 is 17.5 Å². The van der Waals surface area contributed by atoms with Crippen molar-refractivity contribution < 1.29 is 14.3 Å². The van der Waals surface area contributed by atoms with E-state index in [0.29, 0.717) is 23.1 Å². The number of carbonyl (C=O) groups is 1. The molecule has 2 rings (SSSR count). The van der Waals surface area contributed by atoms with Crippen molar-refractivity contribution in [3.63, 3.8) is 0 Å². The van der Waals surface area contributed by atoms with Crippen molar-refractivity contribution in [1.29, 1.82) is 0 Å². The smallest absolute Gasteiger partial charge is 0.255 e. The number of hydrogen-bond donors (Lipinski definition) is 2. The predicted molar refractivity (Wildman–Crippen MR) is 89.7 cm³/mol. The fourth-order valence-electron chi connectivity index (χ4n) is 2.11. The van der Waals surface area contributed by atoms with Gasteiger partial charge < -0.3 is 20.5 Å². The third-order valence-corrected chi connectivity index (χ3v) is 3.43. The maximum absolute atomic E-state index is 10.8. The van der Waals surface area contributed by atoms with Crippen LogP contribution in [-0.2, 0) is 17.9 Å². The Kier molecular flexibility index (Phi) is 6.26. The second-order valence-corrected chi connectivity index (χ2v) is 5.36. The van der Waals surface area contributed by atoms with Gasteiger partial charge in [0, 0.05) is 13.1 Å². The normalized spacial score (nSPS) is 10.3. The Morgan fingerprint density at radius 2 is 1.87 bits per heavy atom. The fourth-order valence-corrected chi connectivity index (χ4v) is 2.39. The van der Waals surface area contributed by atoms with Gasteiger partial charge in [-0.05, 0) is 23.3 Å². The van der Waals surface area contributed by atoms with Crippen LogP contribution in [0.4, 0.5) is 0 Å². The van der Waals surface area contributed by atoms with Crippen LogP contribution in [0.5, 0.6) is 11.5 Å². The first-order chi connectivity index (χ1) is 11.1. The highest BCUT2D eigenvalue weighted by atomic mass is 35.5. The second kappa shape index (κ2) is 8.41. The Morgan fingerprint density at radius 1 is 1.17 bits per heavy atom. The van der Waals surface area contributed by atoms with E-state index in [1.54, 1.807) is 6.07 Å². The molecule has 0 saturated carbocycles. The van der Waals surface area contributed by atoms with Crippen molar-refractivity contribution in [2.24, 2.45) is 5.73 Å². The molecule has 0 saturated heterocycles. The summed E-state index contributed by atoms with van der Waals surface area (Å²) in [6.45, 7) is 1.13. The largest absolute Gasteiger partial charge is 0.493 e. The minimum absolute atomic E-state index is 0.248. The van der Waals surface area contributed by atoms with E-state index in [-0.39, 0.29) is 6.61 Å². The molecule has 0 fully saturated rings. The van der Waals surface area contributed by atoms with Gasteiger partial charge in [-0.15, -0.1) is 0 Å². The van der Waals surface area contributed by atoms with Crippen LogP contribution in [0.15, 0.2) is 42.5 Å². The number of methoxy groups -OCH3 is 1. The summed E-state index contributed by atoms with van der Waals surface area (Å²) >= 11 is 6.21. The van der Waals surface area contributed by atoms with E-state index < -0.39 is 5.91 Å². The van der Waals surface area contributed by atoms with Crippen LogP contribution >= 0.6 is 11.6 Å². The van der Waals surface area contributed by atoms with E-state index in [2.05, 4.69) is 17.4 Å². The van der Waals surface area contributed by atoms with Gasteiger partial charge in [0.2, 0.25) is 0 Å². The highest BCUT2D eigenvalue weighted by Crippen LogP contribution is 2.36. The quantitative estimate of drug-likeness (QED) is 0.778. The van der Waals surface area contributed by atoms with Crippen LogP contribution in [0.3, 0.4) is 0 Å². The van der Waals surface area contributed by atoms with Crippen LogP contribution in [0.1, 0.15) is 11.1 Å². The van der Waals surface area contributed by atoms with E-state index in [9.17, 15) is 4.79 Å². The van der Waals surface area contributed by atoms with Crippen molar-refractivity contribution in [1.82, 2.24) is 5.32 Å². The van der Waals surface area contributed by atoms with E-state index in [4.69, 9.17) is 26.8 Å². The van der Waals surface area contributed by atoms with Gasteiger partial charge in [0.05, 0.1) is 12.1 Å². The third kappa shape index (κ3) is 5.16. The minimum atomic E-state index is -0.572. The zero-order chi connectivity index (χ0) is 16.7. The molecule has 0 radical (unpaired) electrons. The average molecular weight is 335 g/mol. The van der Waals surface area contributed by atoms with Crippen LogP contribution in [0.2, 0.25) is 5.02 Å². The van der Waals surface area contributed by atoms with Crippen LogP contribution in [-0.4, -0.2) is 19.6 Å². The third-order valence-electron chi connectivity index (χ3n) is 3.15. The second-order valence-electron chi connectivity index (χ2n) is 4.95. The number of nitrogens with one attached hydrogen (secondary N) is 1. The molecular weight excluding hydrogens is 316 g/mol. The van der Waals surface area contributed by atoms with E-state index in [1.165, 1.54) is 12.7 Å².